The molecule has 132 valence electrons. The Labute approximate surface area is 152 Å². The molecule has 0 heterocycles. The summed E-state index contributed by atoms with van der Waals surface area (Å²) in [6, 6.07) is 22.8. The van der Waals surface area contributed by atoms with Gasteiger partial charge in [0.25, 0.3) is 5.91 Å². The summed E-state index contributed by atoms with van der Waals surface area (Å²) in [6.45, 7) is 0.835. The van der Waals surface area contributed by atoms with Gasteiger partial charge in [-0.2, -0.15) is 0 Å². The summed E-state index contributed by atoms with van der Waals surface area (Å²) in [5.74, 6) is -0.166. The lowest BCUT2D eigenvalue weighted by Crippen LogP contribution is -2.35. The molecule has 0 aliphatic heterocycles. The molecule has 0 aliphatic rings. The van der Waals surface area contributed by atoms with Crippen LogP contribution in [0.3, 0.4) is 0 Å². The summed E-state index contributed by atoms with van der Waals surface area (Å²) in [7, 11) is 0. The Morgan fingerprint density at radius 2 is 1.46 bits per heavy atom. The smallest absolute Gasteiger partial charge is 0.407 e. The van der Waals surface area contributed by atoms with Gasteiger partial charge in [0.05, 0.1) is 0 Å². The van der Waals surface area contributed by atoms with Gasteiger partial charge < -0.3 is 15.4 Å². The summed E-state index contributed by atoms with van der Waals surface area (Å²) in [5.41, 5.74) is 1.54. The second kappa shape index (κ2) is 8.67. The Kier molecular flexibility index (Phi) is 5.83. The van der Waals surface area contributed by atoms with Crippen LogP contribution in [0, 0.1) is 0 Å². The summed E-state index contributed by atoms with van der Waals surface area (Å²) in [6.07, 6.45) is -0.506. The standard InChI is InChI=1S/C21H20N2O3/c24-20(19-12-6-10-17-9-4-5-11-18(17)19)22-13-14-23-21(25)26-15-16-7-2-1-3-8-16/h1-12H,13-15H2,(H,22,24)(H,23,25). The van der Waals surface area contributed by atoms with Crippen molar-refractivity contribution in [2.24, 2.45) is 0 Å². The second-order valence-corrected chi connectivity index (χ2v) is 5.77. The predicted molar refractivity (Wildman–Crippen MR) is 101 cm³/mol. The molecule has 5 nitrogen and oxygen atoms in total. The normalized spacial score (nSPS) is 10.3. The van der Waals surface area contributed by atoms with Crippen LogP contribution in [0.15, 0.2) is 72.8 Å². The molecule has 3 aromatic carbocycles. The molecular weight excluding hydrogens is 328 g/mol. The number of fused-ring (bicyclic) bond motifs is 1. The van der Waals surface area contributed by atoms with Crippen molar-refractivity contribution < 1.29 is 14.3 Å². The molecule has 5 heteroatoms. The molecule has 0 aliphatic carbocycles. The number of rotatable bonds is 6. The van der Waals surface area contributed by atoms with Crippen LogP contribution in [0.5, 0.6) is 0 Å². The van der Waals surface area contributed by atoms with Crippen LogP contribution in [-0.4, -0.2) is 25.1 Å². The molecule has 0 unspecified atom stereocenters. The van der Waals surface area contributed by atoms with Crippen LogP contribution >= 0.6 is 0 Å². The van der Waals surface area contributed by atoms with E-state index in [1.807, 2.05) is 66.7 Å². The third kappa shape index (κ3) is 4.60. The zero-order valence-corrected chi connectivity index (χ0v) is 14.3. The summed E-state index contributed by atoms with van der Waals surface area (Å²) in [5, 5.41) is 7.35. The number of carbonyl (C=O) groups is 2. The van der Waals surface area contributed by atoms with Gasteiger partial charge in [0.15, 0.2) is 0 Å². The number of benzene rings is 3. The van der Waals surface area contributed by atoms with Gasteiger partial charge >= 0.3 is 6.09 Å². The van der Waals surface area contributed by atoms with E-state index in [9.17, 15) is 9.59 Å². The lowest BCUT2D eigenvalue weighted by molar-refractivity contribution is 0.0953. The minimum absolute atomic E-state index is 0.166. The molecule has 0 fully saturated rings. The SMILES string of the molecule is O=C(NCCNC(=O)c1cccc2ccccc12)OCc1ccccc1. The first kappa shape index (κ1) is 17.5. The van der Waals surface area contributed by atoms with Crippen molar-refractivity contribution in [3.05, 3.63) is 83.9 Å². The van der Waals surface area contributed by atoms with Gasteiger partial charge in [-0.05, 0) is 22.4 Å². The fraction of sp³-hybridized carbons (Fsp3) is 0.143. The van der Waals surface area contributed by atoms with E-state index in [1.54, 1.807) is 6.07 Å². The van der Waals surface area contributed by atoms with Crippen molar-refractivity contribution in [1.82, 2.24) is 10.6 Å². The van der Waals surface area contributed by atoms with Crippen LogP contribution in [0.4, 0.5) is 4.79 Å². The van der Waals surface area contributed by atoms with E-state index in [-0.39, 0.29) is 12.5 Å². The van der Waals surface area contributed by atoms with E-state index >= 15 is 0 Å². The second-order valence-electron chi connectivity index (χ2n) is 5.77. The predicted octanol–water partition coefficient (Wildman–Crippen LogP) is 3.50. The molecule has 0 radical (unpaired) electrons. The van der Waals surface area contributed by atoms with Crippen molar-refractivity contribution in [3.8, 4) is 0 Å². The third-order valence-electron chi connectivity index (χ3n) is 3.93. The van der Waals surface area contributed by atoms with Crippen molar-refractivity contribution in [2.75, 3.05) is 13.1 Å². The highest BCUT2D eigenvalue weighted by molar-refractivity contribution is 6.06. The number of alkyl carbamates (subject to hydrolysis) is 1. The quantitative estimate of drug-likeness (QED) is 0.670. The third-order valence-corrected chi connectivity index (χ3v) is 3.93. The van der Waals surface area contributed by atoms with Crippen LogP contribution in [0.25, 0.3) is 10.8 Å². The van der Waals surface area contributed by atoms with Gasteiger partial charge in [-0.25, -0.2) is 4.79 Å². The molecule has 0 saturated heterocycles. The summed E-state index contributed by atoms with van der Waals surface area (Å²) in [4.78, 5) is 24.0. The minimum Gasteiger partial charge on any atom is -0.445 e. The first-order valence-corrected chi connectivity index (χ1v) is 8.44. The Bertz CT molecular complexity index is 889. The van der Waals surface area contributed by atoms with Crippen molar-refractivity contribution in [1.29, 1.82) is 0 Å². The molecule has 0 saturated carbocycles. The average Bonchev–Trinajstić information content (AvgIpc) is 2.70. The Hall–Kier alpha value is -3.34. The molecule has 3 aromatic rings. The van der Waals surface area contributed by atoms with Crippen molar-refractivity contribution >= 4 is 22.8 Å². The number of ether oxygens (including phenoxy) is 1. The maximum absolute atomic E-state index is 12.4. The lowest BCUT2D eigenvalue weighted by atomic mass is 10.0. The first-order chi connectivity index (χ1) is 12.7. The zero-order chi connectivity index (χ0) is 18.2. The molecule has 3 rings (SSSR count). The Morgan fingerprint density at radius 1 is 0.769 bits per heavy atom. The van der Waals surface area contributed by atoms with E-state index in [2.05, 4.69) is 10.6 Å². The molecule has 2 N–H and O–H groups in total. The Balaban J connectivity index is 1.43. The van der Waals surface area contributed by atoms with Gasteiger partial charge in [0.1, 0.15) is 6.61 Å². The fourth-order valence-electron chi connectivity index (χ4n) is 2.63. The highest BCUT2D eigenvalue weighted by Gasteiger charge is 2.09. The topological polar surface area (TPSA) is 67.4 Å². The molecular formula is C21H20N2O3. The molecule has 0 atom stereocenters. The van der Waals surface area contributed by atoms with E-state index in [1.165, 1.54) is 0 Å². The monoisotopic (exact) mass is 348 g/mol. The highest BCUT2D eigenvalue weighted by Crippen LogP contribution is 2.18. The maximum atomic E-state index is 12.4. The maximum Gasteiger partial charge on any atom is 0.407 e. The number of nitrogens with one attached hydrogen (secondary N) is 2. The molecule has 0 bridgehead atoms. The van der Waals surface area contributed by atoms with E-state index in [0.29, 0.717) is 18.7 Å². The largest absolute Gasteiger partial charge is 0.445 e. The highest BCUT2D eigenvalue weighted by atomic mass is 16.5. The molecule has 26 heavy (non-hydrogen) atoms. The lowest BCUT2D eigenvalue weighted by Gasteiger charge is -2.09. The van der Waals surface area contributed by atoms with Crippen LogP contribution in [-0.2, 0) is 11.3 Å². The van der Waals surface area contributed by atoms with Crippen molar-refractivity contribution in [3.63, 3.8) is 0 Å². The summed E-state index contributed by atoms with van der Waals surface area (Å²) < 4.78 is 5.11. The van der Waals surface area contributed by atoms with Gasteiger partial charge in [-0.3, -0.25) is 4.79 Å². The van der Waals surface area contributed by atoms with Gasteiger partial charge in [0.2, 0.25) is 0 Å². The zero-order valence-electron chi connectivity index (χ0n) is 14.3. The van der Waals surface area contributed by atoms with Gasteiger partial charge in [-0.15, -0.1) is 0 Å². The van der Waals surface area contributed by atoms with Crippen LogP contribution in [0.2, 0.25) is 0 Å². The van der Waals surface area contributed by atoms with Gasteiger partial charge in [0, 0.05) is 18.7 Å². The van der Waals surface area contributed by atoms with E-state index in [0.717, 1.165) is 16.3 Å². The number of carbonyl (C=O) groups excluding carboxylic acids is 2. The Morgan fingerprint density at radius 3 is 2.31 bits per heavy atom. The number of amides is 2. The van der Waals surface area contributed by atoms with Crippen molar-refractivity contribution in [2.45, 2.75) is 6.61 Å². The first-order valence-electron chi connectivity index (χ1n) is 8.44. The van der Waals surface area contributed by atoms with Crippen LogP contribution in [0.1, 0.15) is 15.9 Å². The number of hydrogen-bond donors (Lipinski definition) is 2. The van der Waals surface area contributed by atoms with Gasteiger partial charge in [-0.1, -0.05) is 66.7 Å². The van der Waals surface area contributed by atoms with Crippen LogP contribution < -0.4 is 10.6 Å². The minimum atomic E-state index is -0.506. The van der Waals surface area contributed by atoms with E-state index in [4.69, 9.17) is 4.74 Å². The molecule has 0 spiro atoms. The summed E-state index contributed by atoms with van der Waals surface area (Å²) >= 11 is 0. The average molecular weight is 348 g/mol. The number of hydrogen-bond acceptors (Lipinski definition) is 3. The molecule has 0 aromatic heterocycles. The fourth-order valence-corrected chi connectivity index (χ4v) is 2.63. The van der Waals surface area contributed by atoms with E-state index < -0.39 is 6.09 Å². The molecule has 2 amide bonds.